The molecule has 1 aliphatic heterocycles. The van der Waals surface area contributed by atoms with Crippen LogP contribution in [-0.4, -0.2) is 51.6 Å². The standard InChI is InChI=1S/C30H34FNO6/c1-2-6-18(13-19-10-11-25(35)24(31)14-19)9-12-26(36)27-20(16-33)15-22-28(23(27)17-34)30(38)32(29(22)37)21-7-4-3-5-8-21/h3-5,7-8,10-11,13-14,22-23,26,28,33-36H,2,6,9,12,15-17H2,1H3/b18-13+/t22-,23+,26-,28-/m1/s1. The number of rotatable bonds is 10. The maximum Gasteiger partial charge on any atom is 0.238 e. The zero-order valence-corrected chi connectivity index (χ0v) is 21.4. The Morgan fingerprint density at radius 3 is 2.47 bits per heavy atom. The highest BCUT2D eigenvalue weighted by Crippen LogP contribution is 2.47. The van der Waals surface area contributed by atoms with Gasteiger partial charge >= 0.3 is 0 Å². The summed E-state index contributed by atoms with van der Waals surface area (Å²) in [4.78, 5) is 27.9. The monoisotopic (exact) mass is 523 g/mol. The molecule has 0 aromatic heterocycles. The van der Waals surface area contributed by atoms with E-state index in [1.807, 2.05) is 13.0 Å². The number of aliphatic hydroxyl groups excluding tert-OH is 3. The van der Waals surface area contributed by atoms with Crippen molar-refractivity contribution in [3.63, 3.8) is 0 Å². The lowest BCUT2D eigenvalue weighted by molar-refractivity contribution is -0.123. The van der Waals surface area contributed by atoms with Crippen molar-refractivity contribution < 1.29 is 34.4 Å². The summed E-state index contributed by atoms with van der Waals surface area (Å²) in [7, 11) is 0. The number of aliphatic hydroxyl groups is 3. The number of phenolic OH excluding ortho intramolecular Hbond substituents is 1. The fraction of sp³-hybridized carbons (Fsp3) is 0.400. The lowest BCUT2D eigenvalue weighted by Crippen LogP contribution is -2.39. The number of allylic oxidation sites excluding steroid dienone is 1. The Hall–Kier alpha value is -3.33. The average molecular weight is 524 g/mol. The van der Waals surface area contributed by atoms with Crippen molar-refractivity contribution in [1.29, 1.82) is 0 Å². The highest BCUT2D eigenvalue weighted by Gasteiger charge is 2.55. The van der Waals surface area contributed by atoms with E-state index in [0.29, 0.717) is 35.2 Å². The lowest BCUT2D eigenvalue weighted by atomic mass is 9.68. The summed E-state index contributed by atoms with van der Waals surface area (Å²) < 4.78 is 13.8. The molecule has 202 valence electrons. The molecular formula is C30H34FNO6. The molecule has 2 aromatic carbocycles. The van der Waals surface area contributed by atoms with Crippen LogP contribution in [0.15, 0.2) is 65.3 Å². The number of nitrogens with zero attached hydrogens (tertiary/aromatic N) is 1. The molecule has 4 rings (SSSR count). The van der Waals surface area contributed by atoms with E-state index in [0.717, 1.165) is 16.9 Å². The highest BCUT2D eigenvalue weighted by atomic mass is 19.1. The number of carbonyl (C=O) groups excluding carboxylic acids is 2. The summed E-state index contributed by atoms with van der Waals surface area (Å²) in [5, 5.41) is 41.3. The first kappa shape index (κ1) is 27.7. The number of hydrogen-bond acceptors (Lipinski definition) is 6. The summed E-state index contributed by atoms with van der Waals surface area (Å²) in [6.07, 6.45) is 3.22. The normalized spacial score (nSPS) is 22.7. The van der Waals surface area contributed by atoms with Gasteiger partial charge in [-0.3, -0.25) is 14.5 Å². The third kappa shape index (κ3) is 5.43. The molecule has 0 saturated carbocycles. The highest BCUT2D eigenvalue weighted by molar-refractivity contribution is 6.22. The van der Waals surface area contributed by atoms with Gasteiger partial charge in [0.15, 0.2) is 11.6 Å². The van der Waals surface area contributed by atoms with Gasteiger partial charge < -0.3 is 20.4 Å². The summed E-state index contributed by atoms with van der Waals surface area (Å²) >= 11 is 0. The molecule has 0 radical (unpaired) electrons. The molecule has 2 aromatic rings. The van der Waals surface area contributed by atoms with Crippen molar-refractivity contribution in [1.82, 2.24) is 0 Å². The summed E-state index contributed by atoms with van der Waals surface area (Å²) in [6, 6.07) is 12.8. The van der Waals surface area contributed by atoms with Crippen LogP contribution in [0, 0.1) is 23.6 Å². The topological polar surface area (TPSA) is 118 Å². The van der Waals surface area contributed by atoms with Gasteiger partial charge in [-0.1, -0.05) is 49.3 Å². The van der Waals surface area contributed by atoms with Crippen molar-refractivity contribution in [3.05, 3.63) is 76.6 Å². The van der Waals surface area contributed by atoms with Crippen LogP contribution in [0.3, 0.4) is 0 Å². The fourth-order valence-corrected chi connectivity index (χ4v) is 5.85. The molecule has 0 unspecified atom stereocenters. The van der Waals surface area contributed by atoms with Crippen molar-refractivity contribution in [2.24, 2.45) is 17.8 Å². The molecule has 8 heteroatoms. The molecule has 1 fully saturated rings. The van der Waals surface area contributed by atoms with E-state index in [4.69, 9.17) is 0 Å². The number of fused-ring (bicyclic) bond motifs is 1. The molecular weight excluding hydrogens is 489 g/mol. The third-order valence-electron chi connectivity index (χ3n) is 7.60. The van der Waals surface area contributed by atoms with Crippen molar-refractivity contribution in [2.45, 2.75) is 45.1 Å². The summed E-state index contributed by atoms with van der Waals surface area (Å²) in [5.74, 6) is -4.23. The van der Waals surface area contributed by atoms with Crippen LogP contribution >= 0.6 is 0 Å². The Labute approximate surface area is 221 Å². The molecule has 0 bridgehead atoms. The van der Waals surface area contributed by atoms with Gasteiger partial charge in [-0.2, -0.15) is 0 Å². The Morgan fingerprint density at radius 1 is 1.11 bits per heavy atom. The molecule has 7 nitrogen and oxygen atoms in total. The number of amides is 2. The predicted octanol–water partition coefficient (Wildman–Crippen LogP) is 3.96. The molecule has 1 heterocycles. The van der Waals surface area contributed by atoms with Gasteiger partial charge in [0.05, 0.1) is 36.8 Å². The average Bonchev–Trinajstić information content (AvgIpc) is 3.17. The quantitative estimate of drug-likeness (QED) is 0.277. The summed E-state index contributed by atoms with van der Waals surface area (Å²) in [6.45, 7) is 1.19. The minimum absolute atomic E-state index is 0.141. The SMILES string of the molecule is CCC/C(=C\c1ccc(O)c(F)c1)CC[C@@H](O)C1=C(CO)C[C@H]2C(=O)N(c3ccccc3)C(=O)[C@H]2[C@H]1CO. The predicted molar refractivity (Wildman–Crippen MR) is 141 cm³/mol. The largest absolute Gasteiger partial charge is 0.505 e. The van der Waals surface area contributed by atoms with Crippen LogP contribution in [-0.2, 0) is 9.59 Å². The maximum absolute atomic E-state index is 13.8. The summed E-state index contributed by atoms with van der Waals surface area (Å²) in [5.41, 5.74) is 2.94. The number of halogens is 1. The number of aromatic hydroxyl groups is 1. The molecule has 0 spiro atoms. The van der Waals surface area contributed by atoms with Crippen LogP contribution in [0.5, 0.6) is 5.75 Å². The number of imide groups is 1. The van der Waals surface area contributed by atoms with Gasteiger partial charge in [0, 0.05) is 5.92 Å². The second kappa shape index (κ2) is 12.0. The number of phenols is 1. The molecule has 4 atom stereocenters. The lowest BCUT2D eigenvalue weighted by Gasteiger charge is -2.36. The van der Waals surface area contributed by atoms with Crippen molar-refractivity contribution in [3.8, 4) is 5.75 Å². The zero-order valence-electron chi connectivity index (χ0n) is 21.4. The van der Waals surface area contributed by atoms with E-state index in [2.05, 4.69) is 0 Å². The van der Waals surface area contributed by atoms with E-state index in [-0.39, 0.29) is 25.4 Å². The van der Waals surface area contributed by atoms with E-state index in [9.17, 15) is 34.4 Å². The van der Waals surface area contributed by atoms with E-state index in [1.54, 1.807) is 36.4 Å². The van der Waals surface area contributed by atoms with Gasteiger partial charge in [-0.05, 0) is 66.7 Å². The van der Waals surface area contributed by atoms with Crippen LogP contribution in [0.2, 0.25) is 0 Å². The number of carbonyl (C=O) groups is 2. The first-order valence-electron chi connectivity index (χ1n) is 13.0. The van der Waals surface area contributed by atoms with Gasteiger partial charge in [-0.15, -0.1) is 0 Å². The van der Waals surface area contributed by atoms with Gasteiger partial charge in [-0.25, -0.2) is 4.39 Å². The Kier molecular flexibility index (Phi) is 8.76. The van der Waals surface area contributed by atoms with Crippen LogP contribution in [0.4, 0.5) is 10.1 Å². The first-order chi connectivity index (χ1) is 18.3. The fourth-order valence-electron chi connectivity index (χ4n) is 5.85. The Morgan fingerprint density at radius 2 is 1.84 bits per heavy atom. The van der Waals surface area contributed by atoms with Gasteiger partial charge in [0.25, 0.3) is 0 Å². The molecule has 2 aliphatic rings. The molecule has 4 N–H and O–H groups in total. The molecule has 1 saturated heterocycles. The van der Waals surface area contributed by atoms with Gasteiger partial charge in [0.2, 0.25) is 11.8 Å². The van der Waals surface area contributed by atoms with Crippen LogP contribution < -0.4 is 4.90 Å². The van der Waals surface area contributed by atoms with Crippen molar-refractivity contribution in [2.75, 3.05) is 18.1 Å². The number of para-hydroxylation sites is 1. The smallest absolute Gasteiger partial charge is 0.238 e. The maximum atomic E-state index is 13.8. The minimum Gasteiger partial charge on any atom is -0.505 e. The second-order valence-corrected chi connectivity index (χ2v) is 10.0. The molecule has 2 amide bonds. The first-order valence-corrected chi connectivity index (χ1v) is 13.0. The van der Waals surface area contributed by atoms with E-state index < -0.39 is 47.9 Å². The molecule has 1 aliphatic carbocycles. The Bertz CT molecular complexity index is 1240. The van der Waals surface area contributed by atoms with Crippen LogP contribution in [0.25, 0.3) is 6.08 Å². The second-order valence-electron chi connectivity index (χ2n) is 10.0. The third-order valence-corrected chi connectivity index (χ3v) is 7.60. The van der Waals surface area contributed by atoms with Crippen LogP contribution in [0.1, 0.15) is 44.6 Å². The zero-order chi connectivity index (χ0) is 27.4. The number of hydrogen-bond donors (Lipinski definition) is 4. The van der Waals surface area contributed by atoms with Gasteiger partial charge in [0.1, 0.15) is 0 Å². The number of benzene rings is 2. The van der Waals surface area contributed by atoms with E-state index >= 15 is 0 Å². The van der Waals surface area contributed by atoms with Crippen molar-refractivity contribution >= 4 is 23.6 Å². The number of anilines is 1. The minimum atomic E-state index is -1.04. The Balaban J connectivity index is 1.58. The van der Waals surface area contributed by atoms with E-state index in [1.165, 1.54) is 12.1 Å². The molecule has 38 heavy (non-hydrogen) atoms.